The van der Waals surface area contributed by atoms with Crippen LogP contribution >= 0.6 is 15.9 Å². The van der Waals surface area contributed by atoms with Gasteiger partial charge in [-0.2, -0.15) is 5.10 Å². The normalized spacial score (nSPS) is 10.5. The summed E-state index contributed by atoms with van der Waals surface area (Å²) in [6, 6.07) is 4.01. The first-order valence-electron chi connectivity index (χ1n) is 4.91. The molecule has 5 heteroatoms. The fourth-order valence-electron chi connectivity index (χ4n) is 1.45. The molecule has 0 saturated heterocycles. The zero-order valence-corrected chi connectivity index (χ0v) is 11.1. The first-order valence-corrected chi connectivity index (χ1v) is 5.70. The minimum Gasteiger partial charge on any atom is -0.363 e. The lowest BCUT2D eigenvalue weighted by Gasteiger charge is -2.10. The second-order valence-corrected chi connectivity index (χ2v) is 4.65. The van der Waals surface area contributed by atoms with Gasteiger partial charge in [0.2, 0.25) is 0 Å². The van der Waals surface area contributed by atoms with Crippen LogP contribution in [0.1, 0.15) is 0 Å². The molecule has 0 aromatic carbocycles. The predicted molar refractivity (Wildman–Crippen MR) is 68.5 cm³/mol. The minimum atomic E-state index is 0.917. The van der Waals surface area contributed by atoms with Gasteiger partial charge in [-0.3, -0.25) is 4.68 Å². The Morgan fingerprint density at radius 2 is 2.06 bits per heavy atom. The maximum Gasteiger partial charge on any atom is 0.127 e. The van der Waals surface area contributed by atoms with Crippen LogP contribution in [0.25, 0.3) is 11.3 Å². The van der Waals surface area contributed by atoms with Crippen LogP contribution in [0.2, 0.25) is 0 Å². The van der Waals surface area contributed by atoms with Gasteiger partial charge >= 0.3 is 0 Å². The monoisotopic (exact) mass is 280 g/mol. The molecule has 84 valence electrons. The number of aryl methyl sites for hydroxylation is 1. The summed E-state index contributed by atoms with van der Waals surface area (Å²) < 4.78 is 2.76. The molecule has 2 heterocycles. The number of anilines is 1. The summed E-state index contributed by atoms with van der Waals surface area (Å²) in [4.78, 5) is 6.33. The number of pyridine rings is 1. The Bertz CT molecular complexity index is 487. The second-order valence-electron chi connectivity index (χ2n) is 3.80. The van der Waals surface area contributed by atoms with Crippen LogP contribution in [0.5, 0.6) is 0 Å². The number of halogens is 1. The van der Waals surface area contributed by atoms with E-state index in [0.717, 1.165) is 21.5 Å². The Morgan fingerprint density at radius 1 is 1.31 bits per heavy atom. The Hall–Kier alpha value is -1.36. The summed E-state index contributed by atoms with van der Waals surface area (Å²) in [7, 11) is 5.84. The third-order valence-electron chi connectivity index (χ3n) is 2.26. The zero-order chi connectivity index (χ0) is 11.7. The fourth-order valence-corrected chi connectivity index (χ4v) is 2.05. The minimum absolute atomic E-state index is 0.917. The van der Waals surface area contributed by atoms with E-state index in [9.17, 15) is 0 Å². The zero-order valence-electron chi connectivity index (χ0n) is 9.48. The van der Waals surface area contributed by atoms with Crippen molar-refractivity contribution in [3.8, 4) is 11.3 Å². The van der Waals surface area contributed by atoms with Crippen LogP contribution in [0, 0.1) is 0 Å². The van der Waals surface area contributed by atoms with Gasteiger partial charge in [0.1, 0.15) is 11.5 Å². The van der Waals surface area contributed by atoms with Gasteiger partial charge in [-0.25, -0.2) is 4.98 Å². The summed E-state index contributed by atoms with van der Waals surface area (Å²) >= 11 is 3.48. The molecule has 0 aliphatic heterocycles. The highest BCUT2D eigenvalue weighted by Gasteiger charge is 2.08. The predicted octanol–water partition coefficient (Wildman–Crippen LogP) is 2.31. The molecular weight excluding hydrogens is 268 g/mol. The quantitative estimate of drug-likeness (QED) is 0.847. The highest BCUT2D eigenvalue weighted by molar-refractivity contribution is 9.10. The topological polar surface area (TPSA) is 34.0 Å². The first kappa shape index (κ1) is 11.1. The molecule has 0 aliphatic carbocycles. The van der Waals surface area contributed by atoms with E-state index >= 15 is 0 Å². The average molecular weight is 281 g/mol. The lowest BCUT2D eigenvalue weighted by atomic mass is 10.2. The van der Waals surface area contributed by atoms with E-state index < -0.39 is 0 Å². The van der Waals surface area contributed by atoms with E-state index in [2.05, 4.69) is 26.0 Å². The van der Waals surface area contributed by atoms with Crippen molar-refractivity contribution in [2.45, 2.75) is 0 Å². The molecule has 0 saturated carbocycles. The van der Waals surface area contributed by atoms with E-state index in [4.69, 9.17) is 0 Å². The summed E-state index contributed by atoms with van der Waals surface area (Å²) in [6.45, 7) is 0. The van der Waals surface area contributed by atoms with E-state index in [0.29, 0.717) is 0 Å². The Morgan fingerprint density at radius 3 is 2.50 bits per heavy atom. The molecule has 0 atom stereocenters. The summed E-state index contributed by atoms with van der Waals surface area (Å²) in [5.41, 5.74) is 1.93. The highest BCUT2D eigenvalue weighted by atomic mass is 79.9. The average Bonchev–Trinajstić information content (AvgIpc) is 2.58. The SMILES string of the molecule is CN(C)c1ccc(-c2nn(C)cc2Br)cn1. The number of rotatable bonds is 2. The number of nitrogens with zero attached hydrogens (tertiary/aromatic N) is 4. The Kier molecular flexibility index (Phi) is 2.96. The van der Waals surface area contributed by atoms with Gasteiger partial charge in [-0.1, -0.05) is 0 Å². The summed E-state index contributed by atoms with van der Waals surface area (Å²) in [5.74, 6) is 0.941. The van der Waals surface area contributed by atoms with Gasteiger partial charge < -0.3 is 4.90 Å². The van der Waals surface area contributed by atoms with Crippen molar-refractivity contribution in [2.24, 2.45) is 7.05 Å². The lowest BCUT2D eigenvalue weighted by molar-refractivity contribution is 0.770. The molecule has 0 amide bonds. The Labute approximate surface area is 103 Å². The molecule has 0 spiro atoms. The van der Waals surface area contributed by atoms with Gasteiger partial charge in [0.05, 0.1) is 4.47 Å². The molecule has 0 bridgehead atoms. The van der Waals surface area contributed by atoms with Crippen LogP contribution in [0.3, 0.4) is 0 Å². The fraction of sp³-hybridized carbons (Fsp3) is 0.273. The van der Waals surface area contributed by atoms with Crippen LogP contribution < -0.4 is 4.90 Å². The molecule has 2 rings (SSSR count). The third kappa shape index (κ3) is 2.09. The summed E-state index contributed by atoms with van der Waals surface area (Å²) in [6.07, 6.45) is 3.76. The molecule has 0 unspecified atom stereocenters. The van der Waals surface area contributed by atoms with E-state index in [-0.39, 0.29) is 0 Å². The van der Waals surface area contributed by atoms with Crippen molar-refractivity contribution >= 4 is 21.7 Å². The highest BCUT2D eigenvalue weighted by Crippen LogP contribution is 2.26. The molecule has 2 aromatic heterocycles. The Balaban J connectivity index is 2.38. The molecule has 4 nitrogen and oxygen atoms in total. The molecule has 0 N–H and O–H groups in total. The standard InChI is InChI=1S/C11H13BrN4/c1-15(2)10-5-4-8(6-13-10)11-9(12)7-16(3)14-11/h4-7H,1-3H3. The van der Waals surface area contributed by atoms with E-state index in [1.54, 1.807) is 4.68 Å². The van der Waals surface area contributed by atoms with Crippen LogP contribution in [-0.2, 0) is 7.05 Å². The van der Waals surface area contributed by atoms with Crippen LogP contribution in [0.4, 0.5) is 5.82 Å². The van der Waals surface area contributed by atoms with Crippen molar-refractivity contribution in [1.82, 2.24) is 14.8 Å². The second kappa shape index (κ2) is 4.25. The lowest BCUT2D eigenvalue weighted by Crippen LogP contribution is -2.10. The van der Waals surface area contributed by atoms with Gasteiger partial charge in [-0.05, 0) is 28.1 Å². The van der Waals surface area contributed by atoms with Gasteiger partial charge in [0, 0.05) is 39.1 Å². The van der Waals surface area contributed by atoms with Gasteiger partial charge in [0.15, 0.2) is 0 Å². The van der Waals surface area contributed by atoms with Crippen molar-refractivity contribution in [1.29, 1.82) is 0 Å². The number of hydrogen-bond donors (Lipinski definition) is 0. The molecule has 0 aliphatic rings. The smallest absolute Gasteiger partial charge is 0.127 e. The molecular formula is C11H13BrN4. The molecule has 0 radical (unpaired) electrons. The van der Waals surface area contributed by atoms with Crippen molar-refractivity contribution < 1.29 is 0 Å². The van der Waals surface area contributed by atoms with Crippen LogP contribution in [0.15, 0.2) is 29.0 Å². The van der Waals surface area contributed by atoms with Gasteiger partial charge in [0.25, 0.3) is 0 Å². The third-order valence-corrected chi connectivity index (χ3v) is 2.84. The number of aromatic nitrogens is 3. The van der Waals surface area contributed by atoms with Gasteiger partial charge in [-0.15, -0.1) is 0 Å². The van der Waals surface area contributed by atoms with E-state index in [1.807, 2.05) is 50.6 Å². The molecule has 2 aromatic rings. The maximum absolute atomic E-state index is 4.37. The van der Waals surface area contributed by atoms with Crippen molar-refractivity contribution in [3.63, 3.8) is 0 Å². The van der Waals surface area contributed by atoms with E-state index in [1.165, 1.54) is 0 Å². The van der Waals surface area contributed by atoms with Crippen molar-refractivity contribution in [2.75, 3.05) is 19.0 Å². The maximum atomic E-state index is 4.37. The van der Waals surface area contributed by atoms with Crippen LogP contribution in [-0.4, -0.2) is 28.9 Å². The summed E-state index contributed by atoms with van der Waals surface area (Å²) in [5, 5.41) is 4.37. The largest absolute Gasteiger partial charge is 0.363 e. The van der Waals surface area contributed by atoms with Crippen molar-refractivity contribution in [3.05, 3.63) is 29.0 Å². The first-order chi connectivity index (χ1) is 7.58. The molecule has 0 fully saturated rings. The molecule has 16 heavy (non-hydrogen) atoms. The number of hydrogen-bond acceptors (Lipinski definition) is 3.